The van der Waals surface area contributed by atoms with Crippen molar-refractivity contribution in [3.63, 3.8) is 0 Å². The van der Waals surface area contributed by atoms with Gasteiger partial charge in [-0.25, -0.2) is 12.8 Å². The van der Waals surface area contributed by atoms with E-state index in [-0.39, 0.29) is 17.3 Å². The van der Waals surface area contributed by atoms with Crippen LogP contribution in [-0.4, -0.2) is 42.1 Å². The summed E-state index contributed by atoms with van der Waals surface area (Å²) in [6.45, 7) is 0.778. The maximum absolute atomic E-state index is 13.0. The van der Waals surface area contributed by atoms with E-state index in [0.717, 1.165) is 5.56 Å². The largest absolute Gasteiger partial charge is 0.468 e. The molecule has 0 bridgehead atoms. The Bertz CT molecular complexity index is 743. The summed E-state index contributed by atoms with van der Waals surface area (Å²) in [5.74, 6) is 0.0460. The fourth-order valence-corrected chi connectivity index (χ4v) is 4.71. The molecular formula is C16H18FNO4S. The normalized spacial score (nSPS) is 23.4. The highest BCUT2D eigenvalue weighted by atomic mass is 32.2. The van der Waals surface area contributed by atoms with Crippen LogP contribution in [0, 0.1) is 5.82 Å². The van der Waals surface area contributed by atoms with Crippen molar-refractivity contribution in [2.45, 2.75) is 25.2 Å². The fraction of sp³-hybridized carbons (Fsp3) is 0.375. The minimum Gasteiger partial charge on any atom is -0.468 e. The molecule has 0 amide bonds. The molecular weight excluding hydrogens is 321 g/mol. The summed E-state index contributed by atoms with van der Waals surface area (Å²) in [6.07, 6.45) is 0.614. The zero-order valence-electron chi connectivity index (χ0n) is 12.4. The van der Waals surface area contributed by atoms with E-state index in [4.69, 9.17) is 4.42 Å². The number of rotatable bonds is 5. The first-order valence-electron chi connectivity index (χ1n) is 7.32. The van der Waals surface area contributed by atoms with E-state index < -0.39 is 22.0 Å². The highest BCUT2D eigenvalue weighted by Gasteiger charge is 2.40. The number of sulfone groups is 1. The number of aliphatic hydroxyl groups excluding tert-OH is 1. The Morgan fingerprint density at radius 2 is 1.91 bits per heavy atom. The molecule has 1 N–H and O–H groups in total. The monoisotopic (exact) mass is 339 g/mol. The van der Waals surface area contributed by atoms with E-state index in [9.17, 15) is 17.9 Å². The Labute approximate surface area is 134 Å². The van der Waals surface area contributed by atoms with Crippen LogP contribution in [-0.2, 0) is 22.9 Å². The molecule has 23 heavy (non-hydrogen) atoms. The van der Waals surface area contributed by atoms with Crippen molar-refractivity contribution in [1.29, 1.82) is 0 Å². The fourth-order valence-electron chi connectivity index (χ4n) is 2.88. The van der Waals surface area contributed by atoms with Crippen LogP contribution in [0.2, 0.25) is 0 Å². The van der Waals surface area contributed by atoms with Crippen molar-refractivity contribution in [1.82, 2.24) is 4.90 Å². The van der Waals surface area contributed by atoms with Crippen LogP contribution in [0.15, 0.2) is 47.1 Å². The third-order valence-corrected chi connectivity index (χ3v) is 5.70. The minimum absolute atomic E-state index is 0.0872. The Hall–Kier alpha value is -1.70. The average molecular weight is 339 g/mol. The standard InChI is InChI=1S/C16H18FNO4S/c17-13-5-3-12(4-6-13)8-18(9-14-2-1-7-22-14)15-10-23(20,21)11-16(15)19/h1-7,15-16,19H,8-11H2. The topological polar surface area (TPSA) is 70.8 Å². The van der Waals surface area contributed by atoms with Crippen molar-refractivity contribution in [3.05, 3.63) is 59.8 Å². The Morgan fingerprint density at radius 1 is 1.17 bits per heavy atom. The molecule has 124 valence electrons. The van der Waals surface area contributed by atoms with E-state index in [0.29, 0.717) is 18.8 Å². The van der Waals surface area contributed by atoms with Gasteiger partial charge in [0, 0.05) is 6.54 Å². The van der Waals surface area contributed by atoms with E-state index in [1.807, 2.05) is 4.90 Å². The number of hydrogen-bond acceptors (Lipinski definition) is 5. The molecule has 7 heteroatoms. The van der Waals surface area contributed by atoms with Gasteiger partial charge in [-0.15, -0.1) is 0 Å². The molecule has 1 aromatic carbocycles. The molecule has 2 aromatic rings. The molecule has 1 fully saturated rings. The lowest BCUT2D eigenvalue weighted by Crippen LogP contribution is -2.42. The Morgan fingerprint density at radius 3 is 2.48 bits per heavy atom. The van der Waals surface area contributed by atoms with Gasteiger partial charge in [-0.2, -0.15) is 0 Å². The summed E-state index contributed by atoms with van der Waals surface area (Å²) in [4.78, 5) is 1.86. The number of hydrogen-bond donors (Lipinski definition) is 1. The van der Waals surface area contributed by atoms with E-state index in [2.05, 4.69) is 0 Å². The highest BCUT2D eigenvalue weighted by molar-refractivity contribution is 7.91. The van der Waals surface area contributed by atoms with Gasteiger partial charge in [0.25, 0.3) is 0 Å². The predicted molar refractivity (Wildman–Crippen MR) is 82.8 cm³/mol. The van der Waals surface area contributed by atoms with Crippen molar-refractivity contribution in [2.75, 3.05) is 11.5 Å². The van der Waals surface area contributed by atoms with Crippen LogP contribution in [0.3, 0.4) is 0 Å². The van der Waals surface area contributed by atoms with Crippen molar-refractivity contribution in [3.8, 4) is 0 Å². The predicted octanol–water partition coefficient (Wildman–Crippen LogP) is 1.58. The molecule has 5 nitrogen and oxygen atoms in total. The maximum Gasteiger partial charge on any atom is 0.154 e. The van der Waals surface area contributed by atoms with Crippen LogP contribution < -0.4 is 0 Å². The molecule has 1 aliphatic rings. The third kappa shape index (κ3) is 3.99. The van der Waals surface area contributed by atoms with Gasteiger partial charge in [0.1, 0.15) is 11.6 Å². The highest BCUT2D eigenvalue weighted by Crippen LogP contribution is 2.23. The lowest BCUT2D eigenvalue weighted by molar-refractivity contribution is 0.0686. The Kier molecular flexibility index (Phi) is 4.52. The number of aliphatic hydroxyl groups is 1. The maximum atomic E-state index is 13.0. The van der Waals surface area contributed by atoms with Gasteiger partial charge in [-0.1, -0.05) is 12.1 Å². The van der Waals surface area contributed by atoms with Gasteiger partial charge in [-0.05, 0) is 29.8 Å². The van der Waals surface area contributed by atoms with Crippen molar-refractivity contribution >= 4 is 9.84 Å². The van der Waals surface area contributed by atoms with Crippen LogP contribution in [0.1, 0.15) is 11.3 Å². The molecule has 3 rings (SSSR count). The van der Waals surface area contributed by atoms with Crippen LogP contribution >= 0.6 is 0 Å². The van der Waals surface area contributed by atoms with E-state index in [1.54, 1.807) is 30.5 Å². The second-order valence-corrected chi connectivity index (χ2v) is 7.98. The summed E-state index contributed by atoms with van der Waals surface area (Å²) in [5.41, 5.74) is 0.842. The lowest BCUT2D eigenvalue weighted by Gasteiger charge is -2.29. The van der Waals surface area contributed by atoms with Crippen molar-refractivity contribution < 1.29 is 22.3 Å². The summed E-state index contributed by atoms with van der Waals surface area (Å²) < 4.78 is 42.0. The first-order valence-corrected chi connectivity index (χ1v) is 9.14. The van der Waals surface area contributed by atoms with Gasteiger partial charge in [0.15, 0.2) is 9.84 Å². The van der Waals surface area contributed by atoms with Crippen LogP contribution in [0.25, 0.3) is 0 Å². The molecule has 1 aromatic heterocycles. The van der Waals surface area contributed by atoms with E-state index in [1.165, 1.54) is 12.1 Å². The van der Waals surface area contributed by atoms with Gasteiger partial charge in [0.05, 0.1) is 36.5 Å². The summed E-state index contributed by atoms with van der Waals surface area (Å²) >= 11 is 0. The molecule has 2 heterocycles. The third-order valence-electron chi connectivity index (χ3n) is 4.00. The summed E-state index contributed by atoms with van der Waals surface area (Å²) in [5, 5.41) is 10.1. The zero-order chi connectivity index (χ0) is 16.4. The quantitative estimate of drug-likeness (QED) is 0.895. The van der Waals surface area contributed by atoms with Gasteiger partial charge < -0.3 is 9.52 Å². The average Bonchev–Trinajstić information content (AvgIpc) is 3.08. The number of furan rings is 1. The number of halogens is 1. The van der Waals surface area contributed by atoms with Crippen LogP contribution in [0.5, 0.6) is 0 Å². The molecule has 0 radical (unpaired) electrons. The van der Waals surface area contributed by atoms with Gasteiger partial charge in [-0.3, -0.25) is 4.90 Å². The Balaban J connectivity index is 1.82. The minimum atomic E-state index is -3.25. The second kappa shape index (κ2) is 6.43. The number of benzene rings is 1. The zero-order valence-corrected chi connectivity index (χ0v) is 13.2. The molecule has 2 unspecified atom stereocenters. The van der Waals surface area contributed by atoms with Gasteiger partial charge in [0.2, 0.25) is 0 Å². The summed E-state index contributed by atoms with van der Waals surface area (Å²) in [6, 6.07) is 9.08. The molecule has 2 atom stereocenters. The molecule has 1 aliphatic heterocycles. The smallest absolute Gasteiger partial charge is 0.154 e. The second-order valence-electron chi connectivity index (χ2n) is 5.82. The molecule has 0 spiro atoms. The lowest BCUT2D eigenvalue weighted by atomic mass is 10.1. The molecule has 1 saturated heterocycles. The first-order chi connectivity index (χ1) is 10.9. The van der Waals surface area contributed by atoms with Gasteiger partial charge >= 0.3 is 0 Å². The SMILES string of the molecule is O=S1(=O)CC(O)C(N(Cc2ccc(F)cc2)Cc2ccco2)C1. The summed E-state index contributed by atoms with van der Waals surface area (Å²) in [7, 11) is -3.25. The van der Waals surface area contributed by atoms with Crippen LogP contribution in [0.4, 0.5) is 4.39 Å². The van der Waals surface area contributed by atoms with Crippen molar-refractivity contribution in [2.24, 2.45) is 0 Å². The van der Waals surface area contributed by atoms with E-state index >= 15 is 0 Å². The molecule has 0 saturated carbocycles. The number of nitrogens with zero attached hydrogens (tertiary/aromatic N) is 1. The molecule has 0 aliphatic carbocycles. The first kappa shape index (κ1) is 16.2.